The first-order valence-electron chi connectivity index (χ1n) is 2.91. The molecule has 1 aromatic heterocycles. The van der Waals surface area contributed by atoms with Gasteiger partial charge in [0.25, 0.3) is 0 Å². The van der Waals surface area contributed by atoms with Gasteiger partial charge in [-0.2, -0.15) is 5.26 Å². The summed E-state index contributed by atoms with van der Waals surface area (Å²) in [6.45, 7) is 1.85. The van der Waals surface area contributed by atoms with E-state index in [2.05, 4.69) is 10.3 Å². The van der Waals surface area contributed by atoms with Crippen LogP contribution in [0.1, 0.15) is 5.69 Å². The average Bonchev–Trinajstić information content (AvgIpc) is 1.94. The van der Waals surface area contributed by atoms with E-state index in [9.17, 15) is 0 Å². The van der Waals surface area contributed by atoms with Crippen LogP contribution in [-0.2, 0) is 0 Å². The molecule has 50 valence electrons. The highest BCUT2D eigenvalue weighted by atomic mass is 14.9. The van der Waals surface area contributed by atoms with Crippen molar-refractivity contribution >= 4 is 5.69 Å². The first-order chi connectivity index (χ1) is 4.84. The van der Waals surface area contributed by atoms with Gasteiger partial charge < -0.3 is 0 Å². The molecule has 0 aliphatic heterocycles. The van der Waals surface area contributed by atoms with E-state index in [1.54, 1.807) is 12.3 Å². The summed E-state index contributed by atoms with van der Waals surface area (Å²) in [7, 11) is 0. The highest BCUT2D eigenvalue weighted by Gasteiger charge is 1.92. The van der Waals surface area contributed by atoms with Crippen LogP contribution < -0.4 is 5.32 Å². The number of pyridine rings is 1. The van der Waals surface area contributed by atoms with E-state index in [-0.39, 0.29) is 0 Å². The van der Waals surface area contributed by atoms with Gasteiger partial charge in [-0.1, -0.05) is 0 Å². The molecule has 0 aliphatic rings. The zero-order chi connectivity index (χ0) is 7.40. The Balaban J connectivity index is 2.94. The standard InChI is InChI=1S/C7H7N3/c1-6-7(10-5-8)3-2-4-9-6/h2-4,10H,1H3. The summed E-state index contributed by atoms with van der Waals surface area (Å²) < 4.78 is 0. The van der Waals surface area contributed by atoms with Crippen molar-refractivity contribution in [1.82, 2.24) is 4.98 Å². The number of hydrogen-bond donors (Lipinski definition) is 1. The smallest absolute Gasteiger partial charge is 0.181 e. The summed E-state index contributed by atoms with van der Waals surface area (Å²) >= 11 is 0. The average molecular weight is 133 g/mol. The maximum absolute atomic E-state index is 8.26. The predicted molar refractivity (Wildman–Crippen MR) is 38.2 cm³/mol. The lowest BCUT2D eigenvalue weighted by Gasteiger charge is -1.98. The monoisotopic (exact) mass is 133 g/mol. The topological polar surface area (TPSA) is 48.7 Å². The quantitative estimate of drug-likeness (QED) is 0.463. The van der Waals surface area contributed by atoms with Gasteiger partial charge in [-0.25, -0.2) is 0 Å². The number of rotatable bonds is 1. The van der Waals surface area contributed by atoms with Crippen LogP contribution in [-0.4, -0.2) is 4.98 Å². The van der Waals surface area contributed by atoms with Crippen LogP contribution in [0.5, 0.6) is 0 Å². The van der Waals surface area contributed by atoms with Gasteiger partial charge in [0.15, 0.2) is 6.19 Å². The van der Waals surface area contributed by atoms with Crippen LogP contribution in [0.25, 0.3) is 0 Å². The molecule has 0 unspecified atom stereocenters. The van der Waals surface area contributed by atoms with Crippen LogP contribution >= 0.6 is 0 Å². The summed E-state index contributed by atoms with van der Waals surface area (Å²) in [5, 5.41) is 10.8. The predicted octanol–water partition coefficient (Wildman–Crippen LogP) is 1.28. The number of aromatic nitrogens is 1. The van der Waals surface area contributed by atoms with Gasteiger partial charge in [-0.05, 0) is 19.1 Å². The summed E-state index contributed by atoms with van der Waals surface area (Å²) in [5.74, 6) is 0. The normalized spacial score (nSPS) is 8.40. The van der Waals surface area contributed by atoms with Crippen LogP contribution in [0.4, 0.5) is 5.69 Å². The largest absolute Gasteiger partial charge is 0.291 e. The van der Waals surface area contributed by atoms with Gasteiger partial charge in [0.2, 0.25) is 0 Å². The molecule has 3 heteroatoms. The van der Waals surface area contributed by atoms with E-state index < -0.39 is 0 Å². The van der Waals surface area contributed by atoms with Crippen molar-refractivity contribution in [3.05, 3.63) is 24.0 Å². The second kappa shape index (κ2) is 2.83. The molecule has 0 aliphatic carbocycles. The van der Waals surface area contributed by atoms with Crippen molar-refractivity contribution in [2.24, 2.45) is 0 Å². The first-order valence-corrected chi connectivity index (χ1v) is 2.91. The lowest BCUT2D eigenvalue weighted by atomic mass is 10.3. The van der Waals surface area contributed by atoms with Crippen molar-refractivity contribution in [2.75, 3.05) is 5.32 Å². The van der Waals surface area contributed by atoms with E-state index in [1.807, 2.05) is 19.2 Å². The molecule has 10 heavy (non-hydrogen) atoms. The maximum Gasteiger partial charge on any atom is 0.181 e. The van der Waals surface area contributed by atoms with Gasteiger partial charge in [-0.15, -0.1) is 0 Å². The zero-order valence-electron chi connectivity index (χ0n) is 5.63. The number of nitriles is 1. The maximum atomic E-state index is 8.26. The second-order valence-electron chi connectivity index (χ2n) is 1.87. The highest BCUT2D eigenvalue weighted by molar-refractivity contribution is 5.49. The minimum atomic E-state index is 0.769. The van der Waals surface area contributed by atoms with E-state index >= 15 is 0 Å². The van der Waals surface area contributed by atoms with Gasteiger partial charge in [0.1, 0.15) is 0 Å². The Hall–Kier alpha value is -1.56. The van der Waals surface area contributed by atoms with E-state index in [1.165, 1.54) is 0 Å². The molecule has 1 rings (SSSR count). The molecule has 0 fully saturated rings. The van der Waals surface area contributed by atoms with E-state index in [0.717, 1.165) is 11.4 Å². The van der Waals surface area contributed by atoms with Crippen molar-refractivity contribution in [3.8, 4) is 6.19 Å². The summed E-state index contributed by atoms with van der Waals surface area (Å²) in [4.78, 5) is 3.98. The molecular weight excluding hydrogens is 126 g/mol. The van der Waals surface area contributed by atoms with Crippen molar-refractivity contribution in [1.29, 1.82) is 5.26 Å². The minimum Gasteiger partial charge on any atom is -0.291 e. The minimum absolute atomic E-state index is 0.769. The fourth-order valence-electron chi connectivity index (χ4n) is 0.677. The Labute approximate surface area is 59.3 Å². The van der Waals surface area contributed by atoms with Gasteiger partial charge in [0.05, 0.1) is 11.4 Å². The Bertz CT molecular complexity index is 262. The molecule has 3 nitrogen and oxygen atoms in total. The molecule has 1 aromatic rings. The van der Waals surface area contributed by atoms with Gasteiger partial charge in [-0.3, -0.25) is 10.3 Å². The zero-order valence-corrected chi connectivity index (χ0v) is 5.63. The second-order valence-corrected chi connectivity index (χ2v) is 1.87. The fourth-order valence-corrected chi connectivity index (χ4v) is 0.677. The third-order valence-electron chi connectivity index (χ3n) is 1.20. The molecule has 0 radical (unpaired) electrons. The molecule has 1 N–H and O–H groups in total. The molecular formula is C7H7N3. The van der Waals surface area contributed by atoms with Crippen LogP contribution in [0, 0.1) is 18.4 Å². The number of nitrogens with zero attached hydrogens (tertiary/aromatic N) is 2. The summed E-state index contributed by atoms with van der Waals surface area (Å²) in [6.07, 6.45) is 3.53. The van der Waals surface area contributed by atoms with Crippen LogP contribution in [0.2, 0.25) is 0 Å². The van der Waals surface area contributed by atoms with Gasteiger partial charge >= 0.3 is 0 Å². The summed E-state index contributed by atoms with van der Waals surface area (Å²) in [6, 6.07) is 3.60. The van der Waals surface area contributed by atoms with E-state index in [4.69, 9.17) is 5.26 Å². The molecule has 0 saturated carbocycles. The Kier molecular flexibility index (Phi) is 1.86. The van der Waals surface area contributed by atoms with Gasteiger partial charge in [0, 0.05) is 6.20 Å². The highest BCUT2D eigenvalue weighted by Crippen LogP contribution is 2.08. The molecule has 1 heterocycles. The summed E-state index contributed by atoms with van der Waals surface area (Å²) in [5.41, 5.74) is 1.61. The van der Waals surface area contributed by atoms with Crippen molar-refractivity contribution in [3.63, 3.8) is 0 Å². The third kappa shape index (κ3) is 1.23. The number of anilines is 1. The number of nitrogens with one attached hydrogen (secondary N) is 1. The molecule has 0 bridgehead atoms. The number of hydrogen-bond acceptors (Lipinski definition) is 3. The molecule has 0 aromatic carbocycles. The molecule has 0 amide bonds. The number of aryl methyl sites for hydroxylation is 1. The van der Waals surface area contributed by atoms with Crippen molar-refractivity contribution < 1.29 is 0 Å². The fraction of sp³-hybridized carbons (Fsp3) is 0.143. The molecule has 0 atom stereocenters. The Morgan fingerprint density at radius 1 is 1.70 bits per heavy atom. The Morgan fingerprint density at radius 3 is 3.10 bits per heavy atom. The lowest BCUT2D eigenvalue weighted by molar-refractivity contribution is 1.20. The van der Waals surface area contributed by atoms with E-state index in [0.29, 0.717) is 0 Å². The van der Waals surface area contributed by atoms with Crippen LogP contribution in [0.3, 0.4) is 0 Å². The lowest BCUT2D eigenvalue weighted by Crippen LogP contribution is -1.91. The molecule has 0 spiro atoms. The van der Waals surface area contributed by atoms with Crippen molar-refractivity contribution in [2.45, 2.75) is 6.92 Å². The van der Waals surface area contributed by atoms with Crippen LogP contribution in [0.15, 0.2) is 18.3 Å². The molecule has 0 saturated heterocycles. The first kappa shape index (κ1) is 6.56. The Morgan fingerprint density at radius 2 is 2.50 bits per heavy atom. The SMILES string of the molecule is Cc1ncccc1NC#N. The third-order valence-corrected chi connectivity index (χ3v) is 1.20.